The number of likely N-dealkylation sites (N-methyl/N-ethyl adjacent to an activating group) is 1. The van der Waals surface area contributed by atoms with Crippen molar-refractivity contribution in [2.75, 3.05) is 39.8 Å². The van der Waals surface area contributed by atoms with E-state index >= 15 is 0 Å². The van der Waals surface area contributed by atoms with Crippen LogP contribution in [-0.4, -0.2) is 59.7 Å². The summed E-state index contributed by atoms with van der Waals surface area (Å²) in [7, 11) is 2.18. The molecule has 0 unspecified atom stereocenters. The van der Waals surface area contributed by atoms with Crippen molar-refractivity contribution in [2.24, 2.45) is 5.73 Å². The minimum absolute atomic E-state index is 0.274. The third-order valence-corrected chi connectivity index (χ3v) is 4.17. The Balaban J connectivity index is 1.55. The van der Waals surface area contributed by atoms with Crippen molar-refractivity contribution >= 4 is 0 Å². The van der Waals surface area contributed by atoms with Gasteiger partial charge in [0.05, 0.1) is 6.54 Å². The largest absolute Gasteiger partial charge is 0.338 e. The summed E-state index contributed by atoms with van der Waals surface area (Å²) in [4.78, 5) is 9.15. The van der Waals surface area contributed by atoms with Crippen LogP contribution in [0, 0.1) is 0 Å². The van der Waals surface area contributed by atoms with Gasteiger partial charge in [0.15, 0.2) is 0 Å². The smallest absolute Gasteiger partial charge is 0.240 e. The van der Waals surface area contributed by atoms with Crippen molar-refractivity contribution in [3.05, 3.63) is 35.7 Å². The van der Waals surface area contributed by atoms with Crippen molar-refractivity contribution in [1.82, 2.24) is 19.9 Å². The Bertz CT molecular complexity index is 587. The van der Waals surface area contributed by atoms with Gasteiger partial charge >= 0.3 is 0 Å². The van der Waals surface area contributed by atoms with Gasteiger partial charge in [-0.1, -0.05) is 29.4 Å². The molecule has 1 aliphatic heterocycles. The molecule has 22 heavy (non-hydrogen) atoms. The maximum atomic E-state index is 5.48. The Hall–Kier alpha value is -1.76. The van der Waals surface area contributed by atoms with Crippen LogP contribution in [0.15, 0.2) is 28.8 Å². The fourth-order valence-corrected chi connectivity index (χ4v) is 2.63. The molecule has 1 fully saturated rings. The number of benzene rings is 1. The molecule has 0 bridgehead atoms. The standard InChI is InChI=1S/C16H23N5O/c1-20-8-10-21(11-9-20)7-6-13-2-4-14(5-3-13)16-18-15(12-17)22-19-16/h2-5H,6-12,17H2,1H3. The van der Waals surface area contributed by atoms with Gasteiger partial charge in [-0.2, -0.15) is 4.98 Å². The highest BCUT2D eigenvalue weighted by Gasteiger charge is 2.13. The van der Waals surface area contributed by atoms with Crippen LogP contribution in [0.25, 0.3) is 11.4 Å². The molecule has 0 radical (unpaired) electrons. The molecular formula is C16H23N5O. The molecule has 2 heterocycles. The van der Waals surface area contributed by atoms with Crippen molar-refractivity contribution in [3.63, 3.8) is 0 Å². The van der Waals surface area contributed by atoms with Crippen LogP contribution in [0.2, 0.25) is 0 Å². The summed E-state index contributed by atoms with van der Waals surface area (Å²) in [6, 6.07) is 8.38. The minimum atomic E-state index is 0.274. The molecular weight excluding hydrogens is 278 g/mol. The molecule has 0 spiro atoms. The van der Waals surface area contributed by atoms with Crippen LogP contribution in [0.1, 0.15) is 11.5 Å². The Labute approximate surface area is 130 Å². The summed E-state index contributed by atoms with van der Waals surface area (Å²) in [5.74, 6) is 1.07. The molecule has 0 atom stereocenters. The average molecular weight is 301 g/mol. The third kappa shape index (κ3) is 3.71. The summed E-state index contributed by atoms with van der Waals surface area (Å²) in [6.45, 7) is 6.06. The molecule has 2 N–H and O–H groups in total. The van der Waals surface area contributed by atoms with Gasteiger partial charge in [0.2, 0.25) is 11.7 Å². The number of nitrogens with two attached hydrogens (primary N) is 1. The second-order valence-electron chi connectivity index (χ2n) is 5.81. The van der Waals surface area contributed by atoms with E-state index in [-0.39, 0.29) is 6.54 Å². The average Bonchev–Trinajstić information content (AvgIpc) is 3.04. The summed E-state index contributed by atoms with van der Waals surface area (Å²) < 4.78 is 5.04. The number of hydrogen-bond donors (Lipinski definition) is 1. The van der Waals surface area contributed by atoms with E-state index < -0.39 is 0 Å². The Morgan fingerprint density at radius 2 is 1.86 bits per heavy atom. The second-order valence-corrected chi connectivity index (χ2v) is 5.81. The highest BCUT2D eigenvalue weighted by Crippen LogP contribution is 2.17. The summed E-state index contributed by atoms with van der Waals surface area (Å²) in [5.41, 5.74) is 7.78. The van der Waals surface area contributed by atoms with Crippen molar-refractivity contribution in [2.45, 2.75) is 13.0 Å². The van der Waals surface area contributed by atoms with Gasteiger partial charge in [-0.3, -0.25) is 0 Å². The van der Waals surface area contributed by atoms with Gasteiger partial charge in [-0.25, -0.2) is 0 Å². The molecule has 118 valence electrons. The van der Waals surface area contributed by atoms with Crippen LogP contribution in [0.3, 0.4) is 0 Å². The first kappa shape index (κ1) is 15.1. The lowest BCUT2D eigenvalue weighted by molar-refractivity contribution is 0.155. The van der Waals surface area contributed by atoms with Crippen molar-refractivity contribution in [3.8, 4) is 11.4 Å². The second kappa shape index (κ2) is 7.00. The molecule has 0 amide bonds. The Morgan fingerprint density at radius 1 is 1.14 bits per heavy atom. The predicted molar refractivity (Wildman–Crippen MR) is 85.3 cm³/mol. The van der Waals surface area contributed by atoms with E-state index in [0.717, 1.165) is 18.5 Å². The predicted octanol–water partition coefficient (Wildman–Crippen LogP) is 0.985. The topological polar surface area (TPSA) is 71.4 Å². The quantitative estimate of drug-likeness (QED) is 0.888. The summed E-state index contributed by atoms with van der Waals surface area (Å²) in [5, 5.41) is 3.93. The van der Waals surface area contributed by atoms with Gasteiger partial charge in [-0.15, -0.1) is 0 Å². The first-order chi connectivity index (χ1) is 10.7. The van der Waals surface area contributed by atoms with Crippen LogP contribution < -0.4 is 5.73 Å². The lowest BCUT2D eigenvalue weighted by atomic mass is 10.1. The molecule has 6 heteroatoms. The van der Waals surface area contributed by atoms with E-state index in [1.165, 1.54) is 31.7 Å². The molecule has 0 saturated carbocycles. The Morgan fingerprint density at radius 3 is 2.50 bits per heavy atom. The van der Waals surface area contributed by atoms with Gasteiger partial charge in [0.25, 0.3) is 0 Å². The summed E-state index contributed by atoms with van der Waals surface area (Å²) >= 11 is 0. The van der Waals surface area contributed by atoms with Crippen LogP contribution in [0.5, 0.6) is 0 Å². The normalized spacial score (nSPS) is 17.0. The molecule has 1 aromatic carbocycles. The van der Waals surface area contributed by atoms with E-state index in [4.69, 9.17) is 10.3 Å². The fraction of sp³-hybridized carbons (Fsp3) is 0.500. The third-order valence-electron chi connectivity index (χ3n) is 4.17. The van der Waals surface area contributed by atoms with Gasteiger partial charge < -0.3 is 20.1 Å². The minimum Gasteiger partial charge on any atom is -0.338 e. The SMILES string of the molecule is CN1CCN(CCc2ccc(-c3noc(CN)n3)cc2)CC1. The maximum Gasteiger partial charge on any atom is 0.240 e. The molecule has 1 aliphatic rings. The van der Waals surface area contributed by atoms with Gasteiger partial charge in [-0.05, 0) is 19.0 Å². The highest BCUT2D eigenvalue weighted by atomic mass is 16.5. The first-order valence-electron chi connectivity index (χ1n) is 7.77. The fourth-order valence-electron chi connectivity index (χ4n) is 2.63. The molecule has 1 aromatic heterocycles. The van der Waals surface area contributed by atoms with Crippen LogP contribution >= 0.6 is 0 Å². The van der Waals surface area contributed by atoms with E-state index in [0.29, 0.717) is 11.7 Å². The number of hydrogen-bond acceptors (Lipinski definition) is 6. The first-order valence-corrected chi connectivity index (χ1v) is 7.77. The monoisotopic (exact) mass is 301 g/mol. The van der Waals surface area contributed by atoms with E-state index in [9.17, 15) is 0 Å². The van der Waals surface area contributed by atoms with Gasteiger partial charge in [0.1, 0.15) is 0 Å². The van der Waals surface area contributed by atoms with E-state index in [2.05, 4.69) is 39.1 Å². The number of rotatable bonds is 5. The van der Waals surface area contributed by atoms with Gasteiger partial charge in [0, 0.05) is 38.3 Å². The zero-order valence-corrected chi connectivity index (χ0v) is 13.0. The van der Waals surface area contributed by atoms with E-state index in [1.807, 2.05) is 12.1 Å². The number of aromatic nitrogens is 2. The number of piperazine rings is 1. The molecule has 1 saturated heterocycles. The summed E-state index contributed by atoms with van der Waals surface area (Å²) in [6.07, 6.45) is 1.07. The molecule has 3 rings (SSSR count). The maximum absolute atomic E-state index is 5.48. The number of nitrogens with zero attached hydrogens (tertiary/aromatic N) is 4. The molecule has 0 aliphatic carbocycles. The highest BCUT2D eigenvalue weighted by molar-refractivity contribution is 5.54. The van der Waals surface area contributed by atoms with Crippen molar-refractivity contribution < 1.29 is 4.52 Å². The molecule has 2 aromatic rings. The Kier molecular flexibility index (Phi) is 4.82. The zero-order chi connectivity index (χ0) is 15.4. The van der Waals surface area contributed by atoms with Crippen molar-refractivity contribution in [1.29, 1.82) is 0 Å². The van der Waals surface area contributed by atoms with Crippen LogP contribution in [-0.2, 0) is 13.0 Å². The zero-order valence-electron chi connectivity index (χ0n) is 13.0. The molecule has 6 nitrogen and oxygen atoms in total. The van der Waals surface area contributed by atoms with E-state index in [1.54, 1.807) is 0 Å². The lowest BCUT2D eigenvalue weighted by Gasteiger charge is -2.32. The van der Waals surface area contributed by atoms with Crippen LogP contribution in [0.4, 0.5) is 0 Å². The lowest BCUT2D eigenvalue weighted by Crippen LogP contribution is -2.45.